The van der Waals surface area contributed by atoms with Crippen LogP contribution in [0.2, 0.25) is 0 Å². The first kappa shape index (κ1) is 26.8. The van der Waals surface area contributed by atoms with E-state index in [1.54, 1.807) is 24.1 Å². The summed E-state index contributed by atoms with van der Waals surface area (Å²) in [5, 5.41) is 3.01. The Kier molecular flexibility index (Phi) is 7.39. The van der Waals surface area contributed by atoms with Crippen molar-refractivity contribution in [1.82, 2.24) is 4.98 Å². The highest BCUT2D eigenvalue weighted by molar-refractivity contribution is 6.12. The zero-order valence-corrected chi connectivity index (χ0v) is 23.2. The molecule has 6 rings (SSSR count). The number of carbonyl (C=O) groups excluding carboxylic acids is 2. The topological polar surface area (TPSA) is 80.8 Å². The molecule has 4 aromatic carbocycles. The van der Waals surface area contributed by atoms with Gasteiger partial charge in [0.25, 0.3) is 5.91 Å². The molecular formula is C35H29N3O4. The smallest absolute Gasteiger partial charge is 0.259 e. The number of hydrogen-bond acceptors (Lipinski definition) is 5. The molecule has 0 saturated carbocycles. The lowest BCUT2D eigenvalue weighted by Gasteiger charge is -2.41. The van der Waals surface area contributed by atoms with E-state index in [2.05, 4.69) is 10.3 Å². The van der Waals surface area contributed by atoms with Crippen LogP contribution >= 0.6 is 0 Å². The summed E-state index contributed by atoms with van der Waals surface area (Å²) in [6, 6.07) is 36.4. The maximum absolute atomic E-state index is 14.2. The van der Waals surface area contributed by atoms with Crippen molar-refractivity contribution in [2.75, 3.05) is 17.3 Å². The fourth-order valence-corrected chi connectivity index (χ4v) is 5.36. The van der Waals surface area contributed by atoms with E-state index in [9.17, 15) is 9.59 Å². The van der Waals surface area contributed by atoms with Crippen LogP contribution in [0.5, 0.6) is 17.2 Å². The summed E-state index contributed by atoms with van der Waals surface area (Å²) in [5.74, 6) is 1.30. The number of fused-ring (bicyclic) bond motifs is 1. The monoisotopic (exact) mass is 555 g/mol. The number of aryl methyl sites for hydroxylation is 1. The standard InChI is InChI=1S/C35H29N3O4/c1-23-9-8-14-31(36-23)37-34(39)32-29-12-6-7-13-30(29)35(40)38(33(32)24-15-19-26(41-2)20-16-24)25-17-21-28(22-18-25)42-27-10-4-3-5-11-27/h3-22,32-33H,1-2H3,(H,36,37,39)/t32-,33+/m1/s1. The van der Waals surface area contributed by atoms with Crippen molar-refractivity contribution in [3.05, 3.63) is 144 Å². The number of aromatic nitrogens is 1. The predicted molar refractivity (Wildman–Crippen MR) is 162 cm³/mol. The first-order valence-electron chi connectivity index (χ1n) is 13.7. The summed E-state index contributed by atoms with van der Waals surface area (Å²) in [6.45, 7) is 1.87. The molecule has 1 N–H and O–H groups in total. The second kappa shape index (κ2) is 11.6. The highest BCUT2D eigenvalue weighted by Gasteiger charge is 2.45. The van der Waals surface area contributed by atoms with Crippen molar-refractivity contribution >= 4 is 23.3 Å². The molecule has 2 atom stereocenters. The summed E-state index contributed by atoms with van der Waals surface area (Å²) in [5.41, 5.74) is 3.36. The SMILES string of the molecule is COc1ccc([C@H]2[C@H](C(=O)Nc3cccc(C)n3)c3ccccc3C(=O)N2c2ccc(Oc3ccccc3)cc2)cc1. The van der Waals surface area contributed by atoms with Crippen molar-refractivity contribution in [3.8, 4) is 17.2 Å². The molecule has 7 nitrogen and oxygen atoms in total. The number of carbonyl (C=O) groups is 2. The van der Waals surface area contributed by atoms with Gasteiger partial charge in [0.2, 0.25) is 5.91 Å². The summed E-state index contributed by atoms with van der Waals surface area (Å²) in [4.78, 5) is 34.5. The van der Waals surface area contributed by atoms with Gasteiger partial charge in [0, 0.05) is 16.9 Å². The largest absolute Gasteiger partial charge is 0.497 e. The Morgan fingerprint density at radius 1 is 0.762 bits per heavy atom. The quantitative estimate of drug-likeness (QED) is 0.228. The number of nitrogens with one attached hydrogen (secondary N) is 1. The second-order valence-electron chi connectivity index (χ2n) is 10.0. The third-order valence-electron chi connectivity index (χ3n) is 7.31. The summed E-state index contributed by atoms with van der Waals surface area (Å²) >= 11 is 0. The van der Waals surface area contributed by atoms with Gasteiger partial charge in [0.15, 0.2) is 0 Å². The molecule has 208 valence electrons. The van der Waals surface area contributed by atoms with E-state index in [0.29, 0.717) is 39.9 Å². The Morgan fingerprint density at radius 2 is 1.43 bits per heavy atom. The summed E-state index contributed by atoms with van der Waals surface area (Å²) in [7, 11) is 1.60. The number of pyridine rings is 1. The molecule has 0 radical (unpaired) electrons. The number of methoxy groups -OCH3 is 1. The highest BCUT2D eigenvalue weighted by Crippen LogP contribution is 2.46. The van der Waals surface area contributed by atoms with Gasteiger partial charge in [0.05, 0.1) is 19.1 Å². The Hall–Kier alpha value is -5.43. The molecular weight excluding hydrogens is 526 g/mol. The molecule has 0 spiro atoms. The van der Waals surface area contributed by atoms with E-state index in [4.69, 9.17) is 9.47 Å². The van der Waals surface area contributed by atoms with Gasteiger partial charge in [-0.05, 0) is 84.8 Å². The molecule has 1 aliphatic heterocycles. The van der Waals surface area contributed by atoms with Crippen LogP contribution in [0.25, 0.3) is 0 Å². The van der Waals surface area contributed by atoms with Crippen molar-refractivity contribution in [1.29, 1.82) is 0 Å². The van der Waals surface area contributed by atoms with E-state index in [-0.39, 0.29) is 11.8 Å². The van der Waals surface area contributed by atoms with Crippen molar-refractivity contribution in [3.63, 3.8) is 0 Å². The van der Waals surface area contributed by atoms with Gasteiger partial charge >= 0.3 is 0 Å². The van der Waals surface area contributed by atoms with Crippen LogP contribution in [0.15, 0.2) is 121 Å². The van der Waals surface area contributed by atoms with E-state index in [0.717, 1.165) is 11.3 Å². The van der Waals surface area contributed by atoms with Gasteiger partial charge in [-0.1, -0.05) is 54.6 Å². The van der Waals surface area contributed by atoms with Gasteiger partial charge < -0.3 is 14.8 Å². The van der Waals surface area contributed by atoms with E-state index < -0.39 is 12.0 Å². The first-order valence-corrected chi connectivity index (χ1v) is 13.7. The third kappa shape index (κ3) is 5.32. The lowest BCUT2D eigenvalue weighted by atomic mass is 9.78. The maximum Gasteiger partial charge on any atom is 0.259 e. The van der Waals surface area contributed by atoms with E-state index in [1.807, 2.05) is 116 Å². The molecule has 2 amide bonds. The third-order valence-corrected chi connectivity index (χ3v) is 7.31. The summed E-state index contributed by atoms with van der Waals surface area (Å²) in [6.07, 6.45) is 0. The first-order chi connectivity index (χ1) is 20.5. The van der Waals surface area contributed by atoms with Crippen molar-refractivity contribution in [2.45, 2.75) is 18.9 Å². The normalized spacial score (nSPS) is 16.0. The lowest BCUT2D eigenvalue weighted by Crippen LogP contribution is -2.46. The van der Waals surface area contributed by atoms with E-state index in [1.165, 1.54) is 0 Å². The van der Waals surface area contributed by atoms with Crippen LogP contribution in [0.1, 0.15) is 39.1 Å². The predicted octanol–water partition coefficient (Wildman–Crippen LogP) is 7.31. The van der Waals surface area contributed by atoms with Gasteiger partial charge in [-0.25, -0.2) is 4.98 Å². The molecule has 0 aliphatic carbocycles. The zero-order valence-electron chi connectivity index (χ0n) is 23.2. The number of amides is 2. The van der Waals surface area contributed by atoms with Crippen LogP contribution in [-0.2, 0) is 4.79 Å². The van der Waals surface area contributed by atoms with Gasteiger partial charge in [-0.2, -0.15) is 0 Å². The Labute approximate surface area is 244 Å². The molecule has 42 heavy (non-hydrogen) atoms. The zero-order chi connectivity index (χ0) is 29.1. The van der Waals surface area contributed by atoms with Crippen LogP contribution in [0.4, 0.5) is 11.5 Å². The fourth-order valence-electron chi connectivity index (χ4n) is 5.36. The molecule has 0 unspecified atom stereocenters. The van der Waals surface area contributed by atoms with Crippen molar-refractivity contribution in [2.24, 2.45) is 0 Å². The minimum atomic E-state index is -0.727. The number of para-hydroxylation sites is 1. The van der Waals surface area contributed by atoms with Gasteiger partial charge in [0.1, 0.15) is 23.1 Å². The van der Waals surface area contributed by atoms with Crippen LogP contribution in [-0.4, -0.2) is 23.9 Å². The molecule has 0 fully saturated rings. The van der Waals surface area contributed by atoms with Crippen LogP contribution < -0.4 is 19.7 Å². The molecule has 1 aliphatic rings. The van der Waals surface area contributed by atoms with E-state index >= 15 is 0 Å². The Bertz CT molecular complexity index is 1720. The van der Waals surface area contributed by atoms with Crippen molar-refractivity contribution < 1.29 is 19.1 Å². The lowest BCUT2D eigenvalue weighted by molar-refractivity contribution is -0.118. The number of ether oxygens (including phenoxy) is 2. The molecule has 7 heteroatoms. The van der Waals surface area contributed by atoms with Crippen LogP contribution in [0.3, 0.4) is 0 Å². The fraction of sp³-hybridized carbons (Fsp3) is 0.114. The van der Waals surface area contributed by atoms with Crippen LogP contribution in [0, 0.1) is 6.92 Å². The Balaban J connectivity index is 1.45. The van der Waals surface area contributed by atoms with Gasteiger partial charge in [-0.15, -0.1) is 0 Å². The number of benzene rings is 4. The molecule has 2 heterocycles. The minimum absolute atomic E-state index is 0.194. The highest BCUT2D eigenvalue weighted by atomic mass is 16.5. The molecule has 0 bridgehead atoms. The number of hydrogen-bond donors (Lipinski definition) is 1. The minimum Gasteiger partial charge on any atom is -0.497 e. The van der Waals surface area contributed by atoms with Gasteiger partial charge in [-0.3, -0.25) is 14.5 Å². The maximum atomic E-state index is 14.2. The average Bonchev–Trinajstić information content (AvgIpc) is 3.02. The molecule has 1 aromatic heterocycles. The second-order valence-corrected chi connectivity index (χ2v) is 10.0. The Morgan fingerprint density at radius 3 is 2.14 bits per heavy atom. The average molecular weight is 556 g/mol. The molecule has 0 saturated heterocycles. The number of nitrogens with zero attached hydrogens (tertiary/aromatic N) is 2. The number of rotatable bonds is 7. The number of anilines is 2. The molecule has 5 aromatic rings. The summed E-state index contributed by atoms with van der Waals surface area (Å²) < 4.78 is 11.4.